The number of aromatic nitrogens is 3. The highest BCUT2D eigenvalue weighted by Crippen LogP contribution is 2.12. The summed E-state index contributed by atoms with van der Waals surface area (Å²) in [6.45, 7) is 0.0859. The second-order valence-corrected chi connectivity index (χ2v) is 3.21. The maximum absolute atomic E-state index is 12.6. The molecule has 0 fully saturated rings. The lowest BCUT2D eigenvalue weighted by Gasteiger charge is -2.05. The molecule has 0 unspecified atom stereocenters. The third-order valence-corrected chi connectivity index (χ3v) is 1.90. The van der Waals surface area contributed by atoms with Gasteiger partial charge in [-0.05, 0) is 24.3 Å². The van der Waals surface area contributed by atoms with Crippen LogP contribution in [-0.4, -0.2) is 15.0 Å². The van der Waals surface area contributed by atoms with Crippen molar-refractivity contribution in [2.45, 2.75) is 6.61 Å². The van der Waals surface area contributed by atoms with Crippen molar-refractivity contribution in [2.24, 2.45) is 0 Å². The molecule has 0 radical (unpaired) electrons. The Morgan fingerprint density at radius 1 is 1.00 bits per heavy atom. The molecule has 88 valence electrons. The van der Waals surface area contributed by atoms with Crippen LogP contribution in [0.4, 0.5) is 16.3 Å². The van der Waals surface area contributed by atoms with Crippen molar-refractivity contribution < 1.29 is 9.13 Å². The molecule has 4 N–H and O–H groups in total. The van der Waals surface area contributed by atoms with E-state index in [0.717, 1.165) is 0 Å². The van der Waals surface area contributed by atoms with Gasteiger partial charge in [-0.25, -0.2) is 4.39 Å². The van der Waals surface area contributed by atoms with Crippen molar-refractivity contribution in [3.05, 3.63) is 35.9 Å². The Morgan fingerprint density at radius 3 is 2.18 bits per heavy atom. The van der Waals surface area contributed by atoms with Crippen LogP contribution in [0.3, 0.4) is 0 Å². The molecule has 1 heterocycles. The van der Waals surface area contributed by atoms with Crippen LogP contribution >= 0.6 is 0 Å². The molecule has 0 bridgehead atoms. The number of anilines is 2. The summed E-state index contributed by atoms with van der Waals surface area (Å²) in [5.74, 6) is 0.569. The van der Waals surface area contributed by atoms with E-state index in [-0.39, 0.29) is 24.3 Å². The number of ether oxygens (including phenoxy) is 1. The quantitative estimate of drug-likeness (QED) is 0.814. The molecule has 6 nitrogen and oxygen atoms in total. The predicted molar refractivity (Wildman–Crippen MR) is 59.4 cm³/mol. The molecule has 17 heavy (non-hydrogen) atoms. The summed E-state index contributed by atoms with van der Waals surface area (Å²) in [6, 6.07) is 5.60. The van der Waals surface area contributed by atoms with Crippen LogP contribution in [0.5, 0.6) is 5.75 Å². The zero-order valence-corrected chi connectivity index (χ0v) is 8.80. The third-order valence-electron chi connectivity index (χ3n) is 1.90. The normalized spacial score (nSPS) is 10.2. The van der Waals surface area contributed by atoms with Crippen molar-refractivity contribution in [3.63, 3.8) is 0 Å². The van der Waals surface area contributed by atoms with E-state index in [2.05, 4.69) is 15.0 Å². The minimum absolute atomic E-state index is 0.0372. The van der Waals surface area contributed by atoms with Crippen molar-refractivity contribution in [1.82, 2.24) is 15.0 Å². The largest absolute Gasteiger partial charge is 0.486 e. The smallest absolute Gasteiger partial charge is 0.225 e. The molecule has 0 aliphatic rings. The van der Waals surface area contributed by atoms with Gasteiger partial charge in [-0.3, -0.25) is 0 Å². The number of rotatable bonds is 3. The highest BCUT2D eigenvalue weighted by atomic mass is 19.1. The first-order valence-electron chi connectivity index (χ1n) is 4.78. The molecule has 2 rings (SSSR count). The van der Waals surface area contributed by atoms with Gasteiger partial charge in [0.05, 0.1) is 0 Å². The van der Waals surface area contributed by atoms with Crippen molar-refractivity contribution in [1.29, 1.82) is 0 Å². The summed E-state index contributed by atoms with van der Waals surface area (Å²) in [5.41, 5.74) is 10.8. The van der Waals surface area contributed by atoms with E-state index in [1.54, 1.807) is 0 Å². The highest BCUT2D eigenvalue weighted by Gasteiger charge is 2.03. The summed E-state index contributed by atoms with van der Waals surface area (Å²) in [5, 5.41) is 0. The zero-order valence-electron chi connectivity index (χ0n) is 8.80. The van der Waals surface area contributed by atoms with Crippen molar-refractivity contribution >= 4 is 11.9 Å². The van der Waals surface area contributed by atoms with Crippen LogP contribution in [0.25, 0.3) is 0 Å². The molecule has 0 aliphatic heterocycles. The van der Waals surface area contributed by atoms with Gasteiger partial charge >= 0.3 is 0 Å². The monoisotopic (exact) mass is 235 g/mol. The van der Waals surface area contributed by atoms with E-state index in [1.807, 2.05) is 0 Å². The fraction of sp³-hybridized carbons (Fsp3) is 0.100. The van der Waals surface area contributed by atoms with E-state index in [4.69, 9.17) is 16.2 Å². The molecule has 1 aromatic heterocycles. The first kappa shape index (κ1) is 11.1. The Hall–Kier alpha value is -2.44. The van der Waals surface area contributed by atoms with Gasteiger partial charge < -0.3 is 16.2 Å². The molecule has 0 atom stereocenters. The Balaban J connectivity index is 2.04. The summed E-state index contributed by atoms with van der Waals surface area (Å²) < 4.78 is 18.0. The maximum Gasteiger partial charge on any atom is 0.225 e. The number of benzene rings is 1. The number of hydrogen-bond donors (Lipinski definition) is 2. The second kappa shape index (κ2) is 4.60. The average molecular weight is 235 g/mol. The number of nitrogens with zero attached hydrogens (tertiary/aromatic N) is 3. The van der Waals surface area contributed by atoms with Gasteiger partial charge in [0.15, 0.2) is 5.82 Å². The first-order valence-corrected chi connectivity index (χ1v) is 4.78. The topological polar surface area (TPSA) is 99.9 Å². The molecular weight excluding hydrogens is 225 g/mol. The first-order chi connectivity index (χ1) is 8.13. The summed E-state index contributed by atoms with van der Waals surface area (Å²) in [6.07, 6.45) is 0. The van der Waals surface area contributed by atoms with Gasteiger partial charge in [0, 0.05) is 0 Å². The van der Waals surface area contributed by atoms with Gasteiger partial charge in [0.2, 0.25) is 11.9 Å². The van der Waals surface area contributed by atoms with Crippen LogP contribution in [0.15, 0.2) is 24.3 Å². The zero-order chi connectivity index (χ0) is 12.3. The number of hydrogen-bond acceptors (Lipinski definition) is 6. The summed E-state index contributed by atoms with van der Waals surface area (Å²) >= 11 is 0. The molecule has 2 aromatic rings. The van der Waals surface area contributed by atoms with Crippen LogP contribution in [0.2, 0.25) is 0 Å². The highest BCUT2D eigenvalue weighted by molar-refractivity contribution is 5.26. The molecule has 0 amide bonds. The number of halogens is 1. The molecule has 1 aromatic carbocycles. The van der Waals surface area contributed by atoms with E-state index in [1.165, 1.54) is 24.3 Å². The van der Waals surface area contributed by atoms with Crippen molar-refractivity contribution in [2.75, 3.05) is 11.5 Å². The summed E-state index contributed by atoms with van der Waals surface area (Å²) in [4.78, 5) is 11.3. The summed E-state index contributed by atoms with van der Waals surface area (Å²) in [7, 11) is 0. The van der Waals surface area contributed by atoms with Gasteiger partial charge in [0.1, 0.15) is 18.2 Å². The van der Waals surface area contributed by atoms with Gasteiger partial charge in [-0.15, -0.1) is 0 Å². The molecule has 0 saturated heterocycles. The van der Waals surface area contributed by atoms with Gasteiger partial charge in [-0.2, -0.15) is 15.0 Å². The molecule has 0 spiro atoms. The van der Waals surface area contributed by atoms with Crippen LogP contribution < -0.4 is 16.2 Å². The Bertz CT molecular complexity index is 496. The predicted octanol–water partition coefficient (Wildman–Crippen LogP) is 0.754. The van der Waals surface area contributed by atoms with E-state index < -0.39 is 0 Å². The third kappa shape index (κ3) is 3.00. The van der Waals surface area contributed by atoms with Gasteiger partial charge in [0.25, 0.3) is 0 Å². The number of nitrogens with two attached hydrogens (primary N) is 2. The van der Waals surface area contributed by atoms with E-state index in [0.29, 0.717) is 11.6 Å². The van der Waals surface area contributed by atoms with Crippen LogP contribution in [0.1, 0.15) is 5.82 Å². The Morgan fingerprint density at radius 2 is 1.59 bits per heavy atom. The number of nitrogen functional groups attached to an aromatic ring is 2. The fourth-order valence-electron chi connectivity index (χ4n) is 1.20. The fourth-order valence-corrected chi connectivity index (χ4v) is 1.20. The lowest BCUT2D eigenvalue weighted by atomic mass is 10.3. The molecule has 0 saturated carbocycles. The minimum atomic E-state index is -0.328. The Labute approximate surface area is 96.5 Å². The Kier molecular flexibility index (Phi) is 2.99. The molecule has 0 aliphatic carbocycles. The van der Waals surface area contributed by atoms with E-state index in [9.17, 15) is 4.39 Å². The average Bonchev–Trinajstić information content (AvgIpc) is 2.27. The molecule has 7 heteroatoms. The van der Waals surface area contributed by atoms with Crippen LogP contribution in [0, 0.1) is 5.82 Å². The van der Waals surface area contributed by atoms with Crippen molar-refractivity contribution in [3.8, 4) is 5.75 Å². The standard InChI is InChI=1S/C10H10FN5O/c11-6-1-3-7(4-2-6)17-5-8-14-9(12)16-10(13)15-8/h1-4H,5H2,(H4,12,13,14,15,16). The van der Waals surface area contributed by atoms with E-state index >= 15 is 0 Å². The lowest BCUT2D eigenvalue weighted by Crippen LogP contribution is -2.09. The second-order valence-electron chi connectivity index (χ2n) is 3.21. The van der Waals surface area contributed by atoms with Crippen LogP contribution in [-0.2, 0) is 6.61 Å². The SMILES string of the molecule is Nc1nc(N)nc(COc2ccc(F)cc2)n1. The molecular formula is C10H10FN5O. The van der Waals surface area contributed by atoms with Gasteiger partial charge in [-0.1, -0.05) is 0 Å². The lowest BCUT2D eigenvalue weighted by molar-refractivity contribution is 0.295. The minimum Gasteiger partial charge on any atom is -0.486 e. The maximum atomic E-state index is 12.6.